The fraction of sp³-hybridized carbons (Fsp3) is 0.400. The summed E-state index contributed by atoms with van der Waals surface area (Å²) in [6.45, 7) is 7.43. The number of hydrogen-bond acceptors (Lipinski definition) is 4. The zero-order valence-electron chi connectivity index (χ0n) is 15.4. The molecule has 0 saturated carbocycles. The number of hydrogen-bond donors (Lipinski definition) is 0. The Morgan fingerprint density at radius 3 is 1.84 bits per heavy atom. The van der Waals surface area contributed by atoms with Crippen LogP contribution in [0.25, 0.3) is 0 Å². The smallest absolute Gasteiger partial charge is 0.188 e. The second-order valence-corrected chi connectivity index (χ2v) is 9.68. The van der Waals surface area contributed by atoms with Crippen LogP contribution in [0.1, 0.15) is 33.3 Å². The lowest BCUT2D eigenvalue weighted by Crippen LogP contribution is -2.61. The second kappa shape index (κ2) is 5.66. The maximum absolute atomic E-state index is 13.8. The van der Waals surface area contributed by atoms with Gasteiger partial charge in [-0.25, -0.2) is 8.42 Å². The van der Waals surface area contributed by atoms with E-state index in [1.165, 1.54) is 0 Å². The Hall–Kier alpha value is -1.69. The fourth-order valence-corrected chi connectivity index (χ4v) is 6.49. The zero-order chi connectivity index (χ0) is 18.5. The molecule has 0 spiro atoms. The Balaban J connectivity index is 2.33. The Bertz CT molecular complexity index is 864. The number of benzene rings is 2. The minimum atomic E-state index is -3.70. The molecule has 0 aliphatic carbocycles. The fourth-order valence-electron chi connectivity index (χ4n) is 4.05. The molecule has 0 radical (unpaired) electrons. The predicted octanol–water partition coefficient (Wildman–Crippen LogP) is 3.79. The number of nitrogens with zero attached hydrogens (tertiary/aromatic N) is 1. The van der Waals surface area contributed by atoms with Crippen LogP contribution in [0.5, 0.6) is 0 Å². The molecule has 1 saturated heterocycles. The second-order valence-electron chi connectivity index (χ2n) is 7.39. The van der Waals surface area contributed by atoms with Crippen molar-refractivity contribution in [2.45, 2.75) is 48.5 Å². The van der Waals surface area contributed by atoms with Crippen LogP contribution >= 0.6 is 0 Å². The van der Waals surface area contributed by atoms with Gasteiger partial charge in [-0.3, -0.25) is 4.84 Å². The standard InChI is InChI=1S/C20H25NO3S/c1-18(2)20(4,25(22,23)17-14-10-7-11-15-17)19(3,21(5)24-18)16-12-8-6-9-13-16/h6-15H,1-5H3. The van der Waals surface area contributed by atoms with E-state index >= 15 is 0 Å². The molecule has 2 aromatic rings. The van der Waals surface area contributed by atoms with Gasteiger partial charge in [-0.1, -0.05) is 48.5 Å². The monoisotopic (exact) mass is 359 g/mol. The highest BCUT2D eigenvalue weighted by Crippen LogP contribution is 2.57. The highest BCUT2D eigenvalue weighted by Gasteiger charge is 2.71. The Morgan fingerprint density at radius 2 is 1.32 bits per heavy atom. The summed E-state index contributed by atoms with van der Waals surface area (Å²) in [6, 6.07) is 18.3. The Morgan fingerprint density at radius 1 is 0.840 bits per heavy atom. The van der Waals surface area contributed by atoms with Crippen LogP contribution in [0.4, 0.5) is 0 Å². The highest BCUT2D eigenvalue weighted by atomic mass is 32.2. The lowest BCUT2D eigenvalue weighted by Gasteiger charge is -2.45. The summed E-state index contributed by atoms with van der Waals surface area (Å²) in [4.78, 5) is 6.41. The van der Waals surface area contributed by atoms with Crippen LogP contribution in [0.3, 0.4) is 0 Å². The van der Waals surface area contributed by atoms with Crippen molar-refractivity contribution in [1.29, 1.82) is 0 Å². The van der Waals surface area contributed by atoms with Crippen molar-refractivity contribution in [2.24, 2.45) is 0 Å². The minimum Gasteiger partial charge on any atom is -0.291 e. The van der Waals surface area contributed by atoms with Crippen molar-refractivity contribution in [3.8, 4) is 0 Å². The van der Waals surface area contributed by atoms with Gasteiger partial charge in [0.2, 0.25) is 0 Å². The van der Waals surface area contributed by atoms with Gasteiger partial charge in [0, 0.05) is 7.05 Å². The largest absolute Gasteiger partial charge is 0.291 e. The van der Waals surface area contributed by atoms with Gasteiger partial charge in [-0.15, -0.1) is 0 Å². The van der Waals surface area contributed by atoms with E-state index in [1.54, 1.807) is 43.3 Å². The number of hydroxylamine groups is 2. The van der Waals surface area contributed by atoms with Crippen LogP contribution in [0, 0.1) is 0 Å². The van der Waals surface area contributed by atoms with Crippen LogP contribution in [-0.2, 0) is 20.2 Å². The number of sulfone groups is 1. The minimum absolute atomic E-state index is 0.312. The lowest BCUT2D eigenvalue weighted by molar-refractivity contribution is -0.195. The molecule has 0 bridgehead atoms. The zero-order valence-corrected chi connectivity index (χ0v) is 16.2. The molecule has 0 aromatic heterocycles. The molecular weight excluding hydrogens is 334 g/mol. The van der Waals surface area contributed by atoms with E-state index in [0.717, 1.165) is 5.56 Å². The third kappa shape index (κ3) is 2.23. The van der Waals surface area contributed by atoms with Gasteiger partial charge in [0.15, 0.2) is 9.84 Å². The molecule has 1 heterocycles. The summed E-state index contributed by atoms with van der Waals surface area (Å²) in [5, 5.41) is 1.70. The first-order valence-corrected chi connectivity index (χ1v) is 9.85. The summed E-state index contributed by atoms with van der Waals surface area (Å²) < 4.78 is 26.4. The van der Waals surface area contributed by atoms with E-state index in [-0.39, 0.29) is 0 Å². The normalized spacial score (nSPS) is 29.6. The van der Waals surface area contributed by atoms with Crippen molar-refractivity contribution < 1.29 is 13.3 Å². The molecule has 0 N–H and O–H groups in total. The molecule has 5 heteroatoms. The average Bonchev–Trinajstić information content (AvgIpc) is 2.75. The van der Waals surface area contributed by atoms with Crippen LogP contribution in [0.15, 0.2) is 65.6 Å². The molecule has 1 fully saturated rings. The molecule has 2 unspecified atom stereocenters. The van der Waals surface area contributed by atoms with Gasteiger partial charge in [0.1, 0.15) is 10.3 Å². The van der Waals surface area contributed by atoms with Gasteiger partial charge in [-0.05, 0) is 45.4 Å². The maximum Gasteiger partial charge on any atom is 0.188 e. The molecule has 3 rings (SSSR count). The molecule has 1 aliphatic heterocycles. The third-order valence-electron chi connectivity index (χ3n) is 6.00. The van der Waals surface area contributed by atoms with E-state index < -0.39 is 25.7 Å². The third-order valence-corrected chi connectivity index (χ3v) is 8.86. The molecule has 134 valence electrons. The molecular formula is C20H25NO3S. The lowest BCUT2D eigenvalue weighted by atomic mass is 9.73. The van der Waals surface area contributed by atoms with Crippen molar-refractivity contribution in [1.82, 2.24) is 5.06 Å². The van der Waals surface area contributed by atoms with E-state index in [4.69, 9.17) is 4.84 Å². The molecule has 25 heavy (non-hydrogen) atoms. The molecule has 2 atom stereocenters. The first-order chi connectivity index (χ1) is 11.6. The molecule has 0 amide bonds. The quantitative estimate of drug-likeness (QED) is 0.836. The summed E-state index contributed by atoms with van der Waals surface area (Å²) in [5.74, 6) is 0. The SMILES string of the molecule is CN1OC(C)(C)C(C)(S(=O)(=O)c2ccccc2)C1(C)c1ccccc1. The van der Waals surface area contributed by atoms with E-state index in [1.807, 2.05) is 57.2 Å². The van der Waals surface area contributed by atoms with E-state index in [0.29, 0.717) is 4.90 Å². The van der Waals surface area contributed by atoms with Crippen molar-refractivity contribution >= 4 is 9.84 Å². The van der Waals surface area contributed by atoms with E-state index in [2.05, 4.69) is 0 Å². The maximum atomic E-state index is 13.8. The topological polar surface area (TPSA) is 46.6 Å². The van der Waals surface area contributed by atoms with Crippen molar-refractivity contribution in [2.75, 3.05) is 7.05 Å². The van der Waals surface area contributed by atoms with Gasteiger partial charge >= 0.3 is 0 Å². The van der Waals surface area contributed by atoms with Crippen LogP contribution in [-0.4, -0.2) is 30.9 Å². The van der Waals surface area contributed by atoms with E-state index in [9.17, 15) is 8.42 Å². The van der Waals surface area contributed by atoms with Crippen LogP contribution in [0.2, 0.25) is 0 Å². The van der Waals surface area contributed by atoms with Crippen LogP contribution < -0.4 is 0 Å². The van der Waals surface area contributed by atoms with Gasteiger partial charge in [0.25, 0.3) is 0 Å². The molecule has 4 nitrogen and oxygen atoms in total. The summed E-state index contributed by atoms with van der Waals surface area (Å²) in [7, 11) is -1.90. The summed E-state index contributed by atoms with van der Waals surface area (Å²) in [5.41, 5.74) is -0.863. The Kier molecular flexibility index (Phi) is 4.10. The summed E-state index contributed by atoms with van der Waals surface area (Å²) >= 11 is 0. The van der Waals surface area contributed by atoms with Gasteiger partial charge in [-0.2, -0.15) is 5.06 Å². The van der Waals surface area contributed by atoms with Gasteiger partial charge < -0.3 is 0 Å². The first-order valence-electron chi connectivity index (χ1n) is 8.37. The Labute approximate surface area is 150 Å². The van der Waals surface area contributed by atoms with Gasteiger partial charge in [0.05, 0.1) is 10.4 Å². The summed E-state index contributed by atoms with van der Waals surface area (Å²) in [6.07, 6.45) is 0. The van der Waals surface area contributed by atoms with Crippen molar-refractivity contribution in [3.63, 3.8) is 0 Å². The molecule has 2 aromatic carbocycles. The van der Waals surface area contributed by atoms with Crippen molar-refractivity contribution in [3.05, 3.63) is 66.2 Å². The highest BCUT2D eigenvalue weighted by molar-refractivity contribution is 7.93. The molecule has 1 aliphatic rings. The first kappa shape index (κ1) is 18.1. The predicted molar refractivity (Wildman–Crippen MR) is 98.8 cm³/mol. The number of rotatable bonds is 3. The average molecular weight is 359 g/mol.